The van der Waals surface area contributed by atoms with E-state index in [9.17, 15) is 9.18 Å². The van der Waals surface area contributed by atoms with Crippen molar-refractivity contribution in [3.05, 3.63) is 30.1 Å². The Hall–Kier alpha value is -1.42. The second kappa shape index (κ2) is 4.84. The quantitative estimate of drug-likeness (QED) is 0.841. The highest BCUT2D eigenvalue weighted by Gasteiger charge is 2.43. The lowest BCUT2D eigenvalue weighted by molar-refractivity contribution is -0.129. The van der Waals surface area contributed by atoms with Crippen LogP contribution in [0.15, 0.2) is 24.3 Å². The zero-order valence-electron chi connectivity index (χ0n) is 9.92. The van der Waals surface area contributed by atoms with Crippen LogP contribution < -0.4 is 10.6 Å². The first-order chi connectivity index (χ1) is 8.18. The third kappa shape index (κ3) is 2.31. The number of hydrogen-bond acceptors (Lipinski definition) is 2. The SMILES string of the molecule is CNCC1(C(=O)Nc2ccccc2F)CCC1. The van der Waals surface area contributed by atoms with Crippen molar-refractivity contribution in [3.8, 4) is 0 Å². The normalized spacial score (nSPS) is 17.3. The Bertz CT molecular complexity index is 416. The lowest BCUT2D eigenvalue weighted by Gasteiger charge is -2.40. The fourth-order valence-electron chi connectivity index (χ4n) is 2.24. The molecule has 1 aromatic rings. The first-order valence-electron chi connectivity index (χ1n) is 5.88. The second-order valence-electron chi connectivity index (χ2n) is 4.60. The van der Waals surface area contributed by atoms with E-state index in [1.807, 2.05) is 7.05 Å². The van der Waals surface area contributed by atoms with E-state index in [1.165, 1.54) is 6.07 Å². The molecule has 1 fully saturated rings. The summed E-state index contributed by atoms with van der Waals surface area (Å²) in [5, 5.41) is 5.72. The number of amides is 1. The third-order valence-corrected chi connectivity index (χ3v) is 3.43. The molecule has 0 heterocycles. The molecule has 17 heavy (non-hydrogen) atoms. The van der Waals surface area contributed by atoms with Crippen LogP contribution in [0.4, 0.5) is 10.1 Å². The van der Waals surface area contributed by atoms with Crippen molar-refractivity contribution < 1.29 is 9.18 Å². The monoisotopic (exact) mass is 236 g/mol. The van der Waals surface area contributed by atoms with Crippen molar-refractivity contribution in [2.24, 2.45) is 5.41 Å². The molecule has 3 nitrogen and oxygen atoms in total. The Morgan fingerprint density at radius 1 is 1.41 bits per heavy atom. The summed E-state index contributed by atoms with van der Waals surface area (Å²) in [4.78, 5) is 12.1. The van der Waals surface area contributed by atoms with Crippen LogP contribution >= 0.6 is 0 Å². The summed E-state index contributed by atoms with van der Waals surface area (Å²) in [6.45, 7) is 0.646. The van der Waals surface area contributed by atoms with Crippen LogP contribution in [-0.2, 0) is 4.79 Å². The van der Waals surface area contributed by atoms with E-state index in [4.69, 9.17) is 0 Å². The predicted octanol–water partition coefficient (Wildman–Crippen LogP) is 2.15. The van der Waals surface area contributed by atoms with Crippen LogP contribution in [0, 0.1) is 11.2 Å². The fourth-order valence-corrected chi connectivity index (χ4v) is 2.24. The molecule has 0 bridgehead atoms. The van der Waals surface area contributed by atoms with Gasteiger partial charge in [-0.1, -0.05) is 18.6 Å². The van der Waals surface area contributed by atoms with E-state index in [0.29, 0.717) is 6.54 Å². The summed E-state index contributed by atoms with van der Waals surface area (Å²) in [6.07, 6.45) is 2.80. The molecule has 1 aromatic carbocycles. The summed E-state index contributed by atoms with van der Waals surface area (Å²) in [7, 11) is 1.83. The standard InChI is InChI=1S/C13H17FN2O/c1-15-9-13(7-4-8-13)12(17)16-11-6-3-2-5-10(11)14/h2-3,5-6,15H,4,7-9H2,1H3,(H,16,17). The van der Waals surface area contributed by atoms with Gasteiger partial charge in [-0.3, -0.25) is 4.79 Å². The van der Waals surface area contributed by atoms with Crippen molar-refractivity contribution in [1.82, 2.24) is 5.32 Å². The molecule has 1 aliphatic carbocycles. The molecule has 0 radical (unpaired) electrons. The van der Waals surface area contributed by atoms with Crippen molar-refractivity contribution in [2.45, 2.75) is 19.3 Å². The number of halogens is 1. The average molecular weight is 236 g/mol. The van der Waals surface area contributed by atoms with Gasteiger partial charge in [-0.05, 0) is 32.0 Å². The topological polar surface area (TPSA) is 41.1 Å². The zero-order valence-corrected chi connectivity index (χ0v) is 9.92. The highest BCUT2D eigenvalue weighted by molar-refractivity contribution is 5.96. The molecular weight excluding hydrogens is 219 g/mol. The minimum atomic E-state index is -0.389. The van der Waals surface area contributed by atoms with Crippen molar-refractivity contribution in [3.63, 3.8) is 0 Å². The van der Waals surface area contributed by atoms with Gasteiger partial charge in [0.25, 0.3) is 0 Å². The molecule has 1 saturated carbocycles. The summed E-state index contributed by atoms with van der Waals surface area (Å²) < 4.78 is 13.4. The Labute approximate surface area is 100 Å². The fraction of sp³-hybridized carbons (Fsp3) is 0.462. The van der Waals surface area contributed by atoms with Crippen LogP contribution in [0.25, 0.3) is 0 Å². The van der Waals surface area contributed by atoms with Gasteiger partial charge in [-0.15, -0.1) is 0 Å². The molecule has 0 aromatic heterocycles. The number of anilines is 1. The van der Waals surface area contributed by atoms with Gasteiger partial charge in [0.15, 0.2) is 0 Å². The van der Waals surface area contributed by atoms with E-state index < -0.39 is 0 Å². The van der Waals surface area contributed by atoms with Crippen LogP contribution in [0.5, 0.6) is 0 Å². The second-order valence-corrected chi connectivity index (χ2v) is 4.60. The van der Waals surface area contributed by atoms with Crippen LogP contribution in [-0.4, -0.2) is 19.5 Å². The lowest BCUT2D eigenvalue weighted by atomic mass is 9.68. The number of hydrogen-bond donors (Lipinski definition) is 2. The Morgan fingerprint density at radius 3 is 2.65 bits per heavy atom. The first-order valence-corrected chi connectivity index (χ1v) is 5.88. The smallest absolute Gasteiger partial charge is 0.231 e. The lowest BCUT2D eigenvalue weighted by Crippen LogP contribution is -2.48. The van der Waals surface area contributed by atoms with Gasteiger partial charge >= 0.3 is 0 Å². The van der Waals surface area contributed by atoms with E-state index in [0.717, 1.165) is 19.3 Å². The van der Waals surface area contributed by atoms with Crippen molar-refractivity contribution in [1.29, 1.82) is 0 Å². The number of rotatable bonds is 4. The van der Waals surface area contributed by atoms with Crippen LogP contribution in [0.2, 0.25) is 0 Å². The van der Waals surface area contributed by atoms with Gasteiger partial charge in [-0.2, -0.15) is 0 Å². The summed E-state index contributed by atoms with van der Waals surface area (Å²) >= 11 is 0. The molecule has 4 heteroatoms. The maximum Gasteiger partial charge on any atom is 0.231 e. The largest absolute Gasteiger partial charge is 0.323 e. The molecule has 1 aliphatic rings. The van der Waals surface area contributed by atoms with E-state index in [2.05, 4.69) is 10.6 Å². The van der Waals surface area contributed by atoms with Crippen LogP contribution in [0.3, 0.4) is 0 Å². The minimum absolute atomic E-state index is 0.0804. The number of benzene rings is 1. The molecule has 0 spiro atoms. The molecule has 0 saturated heterocycles. The molecular formula is C13H17FN2O. The van der Waals surface area contributed by atoms with Crippen LogP contribution in [0.1, 0.15) is 19.3 Å². The predicted molar refractivity (Wildman–Crippen MR) is 65.2 cm³/mol. The van der Waals surface area contributed by atoms with Crippen molar-refractivity contribution >= 4 is 11.6 Å². The molecule has 0 unspecified atom stereocenters. The molecule has 92 valence electrons. The van der Waals surface area contributed by atoms with Gasteiger partial charge < -0.3 is 10.6 Å². The van der Waals surface area contributed by atoms with Gasteiger partial charge in [0.2, 0.25) is 5.91 Å². The maximum atomic E-state index is 13.4. The molecule has 0 aliphatic heterocycles. The molecule has 1 amide bonds. The highest BCUT2D eigenvalue weighted by Crippen LogP contribution is 2.41. The molecule has 2 N–H and O–H groups in total. The number of carbonyl (C=O) groups is 1. The van der Waals surface area contributed by atoms with E-state index >= 15 is 0 Å². The number of carbonyl (C=O) groups excluding carboxylic acids is 1. The Kier molecular flexibility index (Phi) is 3.43. The molecule has 0 atom stereocenters. The molecule has 2 rings (SSSR count). The first kappa shape index (κ1) is 12.0. The zero-order chi connectivity index (χ0) is 12.3. The maximum absolute atomic E-state index is 13.4. The summed E-state index contributed by atoms with van der Waals surface area (Å²) in [5.74, 6) is -0.469. The highest BCUT2D eigenvalue weighted by atomic mass is 19.1. The van der Waals surface area contributed by atoms with Gasteiger partial charge in [0, 0.05) is 6.54 Å². The number of nitrogens with one attached hydrogen (secondary N) is 2. The average Bonchev–Trinajstić information content (AvgIpc) is 2.26. The summed E-state index contributed by atoms with van der Waals surface area (Å²) in [6, 6.07) is 6.25. The Morgan fingerprint density at radius 2 is 2.12 bits per heavy atom. The Balaban J connectivity index is 2.08. The minimum Gasteiger partial charge on any atom is -0.323 e. The van der Waals surface area contributed by atoms with Gasteiger partial charge in [0.1, 0.15) is 5.82 Å². The van der Waals surface area contributed by atoms with Gasteiger partial charge in [0.05, 0.1) is 11.1 Å². The summed E-state index contributed by atoms with van der Waals surface area (Å²) in [5.41, 5.74) is -0.0864. The number of para-hydroxylation sites is 1. The van der Waals surface area contributed by atoms with E-state index in [-0.39, 0.29) is 22.8 Å². The van der Waals surface area contributed by atoms with Crippen molar-refractivity contribution in [2.75, 3.05) is 18.9 Å². The third-order valence-electron chi connectivity index (χ3n) is 3.43. The van der Waals surface area contributed by atoms with Gasteiger partial charge in [-0.25, -0.2) is 4.39 Å². The van der Waals surface area contributed by atoms with E-state index in [1.54, 1.807) is 18.2 Å².